The molecule has 5 nitrogen and oxygen atoms in total. The fourth-order valence-corrected chi connectivity index (χ4v) is 2.88. The van der Waals surface area contributed by atoms with Crippen molar-refractivity contribution in [2.24, 2.45) is 5.92 Å². The summed E-state index contributed by atoms with van der Waals surface area (Å²) in [6, 6.07) is 8.93. The predicted molar refractivity (Wildman–Crippen MR) is 85.4 cm³/mol. The Morgan fingerprint density at radius 2 is 2.27 bits per heavy atom. The number of fused-ring (bicyclic) bond motifs is 1. The summed E-state index contributed by atoms with van der Waals surface area (Å²) in [6.45, 7) is 2.48. The van der Waals surface area contributed by atoms with Gasteiger partial charge >= 0.3 is 5.97 Å². The molecule has 3 rings (SSSR count). The minimum Gasteiger partial charge on any atom is -0.478 e. The lowest BCUT2D eigenvalue weighted by atomic mass is 9.99. The summed E-state index contributed by atoms with van der Waals surface area (Å²) in [7, 11) is 0. The Morgan fingerprint density at radius 1 is 1.41 bits per heavy atom. The van der Waals surface area contributed by atoms with E-state index in [1.54, 1.807) is 12.1 Å². The molecule has 0 amide bonds. The van der Waals surface area contributed by atoms with Gasteiger partial charge in [0.25, 0.3) is 0 Å². The zero-order valence-electron chi connectivity index (χ0n) is 12.4. The van der Waals surface area contributed by atoms with Crippen molar-refractivity contribution in [1.82, 2.24) is 4.98 Å². The third kappa shape index (κ3) is 3.36. The number of carboxylic acids is 1. The van der Waals surface area contributed by atoms with Crippen LogP contribution in [0.1, 0.15) is 29.6 Å². The molecule has 1 fully saturated rings. The molecule has 1 aliphatic heterocycles. The van der Waals surface area contributed by atoms with Crippen molar-refractivity contribution in [3.05, 3.63) is 35.9 Å². The summed E-state index contributed by atoms with van der Waals surface area (Å²) >= 11 is 0. The van der Waals surface area contributed by atoms with Crippen molar-refractivity contribution in [1.29, 1.82) is 0 Å². The molecule has 1 aliphatic rings. The number of aromatic carboxylic acids is 1. The normalized spacial score (nSPS) is 18.3. The number of anilines is 1. The topological polar surface area (TPSA) is 71.5 Å². The number of carboxylic acid groups (broad SMARTS) is 1. The lowest BCUT2D eigenvalue weighted by molar-refractivity contribution is 0.0530. The molecule has 5 heteroatoms. The first kappa shape index (κ1) is 14.8. The fourth-order valence-electron chi connectivity index (χ4n) is 2.88. The zero-order valence-corrected chi connectivity index (χ0v) is 12.4. The Kier molecular flexibility index (Phi) is 4.53. The highest BCUT2D eigenvalue weighted by Crippen LogP contribution is 2.22. The lowest BCUT2D eigenvalue weighted by Crippen LogP contribution is -2.20. The Balaban J connectivity index is 1.71. The van der Waals surface area contributed by atoms with Crippen LogP contribution < -0.4 is 5.32 Å². The van der Waals surface area contributed by atoms with E-state index in [1.807, 2.05) is 18.2 Å². The number of benzene rings is 1. The number of hydrogen-bond acceptors (Lipinski definition) is 4. The summed E-state index contributed by atoms with van der Waals surface area (Å²) in [5.41, 5.74) is 0.986. The van der Waals surface area contributed by atoms with Crippen LogP contribution in [0.2, 0.25) is 0 Å². The van der Waals surface area contributed by atoms with Crippen LogP contribution in [0.15, 0.2) is 30.3 Å². The first-order valence-electron chi connectivity index (χ1n) is 7.69. The minimum atomic E-state index is -0.928. The molecule has 2 N–H and O–H groups in total. The average Bonchev–Trinajstić information content (AvgIpc) is 2.55. The summed E-state index contributed by atoms with van der Waals surface area (Å²) in [5.74, 6) is 0.274. The molecule has 1 atom stereocenters. The van der Waals surface area contributed by atoms with E-state index in [0.29, 0.717) is 22.6 Å². The number of carbonyl (C=O) groups is 1. The van der Waals surface area contributed by atoms with E-state index < -0.39 is 5.97 Å². The molecule has 0 bridgehead atoms. The van der Waals surface area contributed by atoms with E-state index in [0.717, 1.165) is 32.6 Å². The Hall–Kier alpha value is -2.14. The first-order chi connectivity index (χ1) is 10.7. The van der Waals surface area contributed by atoms with Gasteiger partial charge in [0.1, 0.15) is 5.82 Å². The number of nitrogens with zero attached hydrogens (tertiary/aromatic N) is 1. The average molecular weight is 300 g/mol. The van der Waals surface area contributed by atoms with E-state index in [-0.39, 0.29) is 5.56 Å². The van der Waals surface area contributed by atoms with Gasteiger partial charge in [-0.05, 0) is 37.3 Å². The fraction of sp³-hybridized carbons (Fsp3) is 0.412. The Labute approximate surface area is 129 Å². The number of ether oxygens (including phenoxy) is 1. The maximum absolute atomic E-state index is 11.4. The van der Waals surface area contributed by atoms with Crippen molar-refractivity contribution in [3.63, 3.8) is 0 Å². The highest BCUT2D eigenvalue weighted by molar-refractivity contribution is 6.03. The van der Waals surface area contributed by atoms with Crippen LogP contribution >= 0.6 is 0 Å². The van der Waals surface area contributed by atoms with Gasteiger partial charge in [0.05, 0.1) is 11.1 Å². The SMILES string of the molecule is O=C(O)c1cc(NCC[C@@H]2CCCOC2)nc2ccccc12. The van der Waals surface area contributed by atoms with Crippen molar-refractivity contribution in [2.75, 3.05) is 25.1 Å². The monoisotopic (exact) mass is 300 g/mol. The lowest BCUT2D eigenvalue weighted by Gasteiger charge is -2.22. The molecule has 2 heterocycles. The van der Waals surface area contributed by atoms with Crippen LogP contribution in [0.3, 0.4) is 0 Å². The number of rotatable bonds is 5. The van der Waals surface area contributed by atoms with Crippen molar-refractivity contribution in [2.45, 2.75) is 19.3 Å². The van der Waals surface area contributed by atoms with E-state index in [4.69, 9.17) is 4.74 Å². The number of aromatic nitrogens is 1. The predicted octanol–water partition coefficient (Wildman–Crippen LogP) is 3.16. The minimum absolute atomic E-state index is 0.286. The van der Waals surface area contributed by atoms with Crippen molar-refractivity contribution < 1.29 is 14.6 Å². The second kappa shape index (κ2) is 6.75. The van der Waals surface area contributed by atoms with Gasteiger partial charge < -0.3 is 15.2 Å². The van der Waals surface area contributed by atoms with Crippen LogP contribution in [0, 0.1) is 5.92 Å². The molecule has 1 aromatic carbocycles. The molecule has 0 unspecified atom stereocenters. The van der Waals surface area contributed by atoms with Crippen molar-refractivity contribution >= 4 is 22.7 Å². The quantitative estimate of drug-likeness (QED) is 0.887. The second-order valence-electron chi connectivity index (χ2n) is 5.68. The number of hydrogen-bond donors (Lipinski definition) is 2. The van der Waals surface area contributed by atoms with Gasteiger partial charge in [-0.25, -0.2) is 9.78 Å². The van der Waals surface area contributed by atoms with Crippen LogP contribution in [0.5, 0.6) is 0 Å². The van der Waals surface area contributed by atoms with Crippen LogP contribution in [-0.2, 0) is 4.74 Å². The first-order valence-corrected chi connectivity index (χ1v) is 7.69. The molecular formula is C17H20N2O3. The summed E-state index contributed by atoms with van der Waals surface area (Å²) in [4.78, 5) is 15.9. The van der Waals surface area contributed by atoms with E-state index >= 15 is 0 Å². The molecule has 116 valence electrons. The molecule has 0 saturated carbocycles. The third-order valence-corrected chi connectivity index (χ3v) is 4.06. The standard InChI is InChI=1S/C17H20N2O3/c20-17(21)14-10-16(19-15-6-2-1-5-13(14)15)18-8-7-12-4-3-9-22-11-12/h1-2,5-6,10,12H,3-4,7-9,11H2,(H,18,19)(H,20,21)/t12-/m0/s1. The smallest absolute Gasteiger partial charge is 0.336 e. The molecule has 1 aromatic heterocycles. The van der Waals surface area contributed by atoms with Gasteiger partial charge in [-0.1, -0.05) is 18.2 Å². The van der Waals surface area contributed by atoms with Gasteiger partial charge in [0, 0.05) is 25.1 Å². The molecule has 0 spiro atoms. The van der Waals surface area contributed by atoms with Crippen LogP contribution in [0.4, 0.5) is 5.82 Å². The molecule has 1 saturated heterocycles. The molecule has 0 aliphatic carbocycles. The molecular weight excluding hydrogens is 280 g/mol. The van der Waals surface area contributed by atoms with Crippen molar-refractivity contribution in [3.8, 4) is 0 Å². The summed E-state index contributed by atoms with van der Waals surface area (Å²) < 4.78 is 5.47. The molecule has 2 aromatic rings. The zero-order chi connectivity index (χ0) is 15.4. The van der Waals surface area contributed by atoms with Gasteiger partial charge in [-0.2, -0.15) is 0 Å². The van der Waals surface area contributed by atoms with Gasteiger partial charge in [0.2, 0.25) is 0 Å². The largest absolute Gasteiger partial charge is 0.478 e. The second-order valence-corrected chi connectivity index (χ2v) is 5.68. The summed E-state index contributed by atoms with van der Waals surface area (Å²) in [5, 5.41) is 13.3. The van der Waals surface area contributed by atoms with E-state index in [2.05, 4.69) is 10.3 Å². The van der Waals surface area contributed by atoms with Gasteiger partial charge in [-0.3, -0.25) is 0 Å². The summed E-state index contributed by atoms with van der Waals surface area (Å²) in [6.07, 6.45) is 3.34. The Morgan fingerprint density at radius 3 is 3.05 bits per heavy atom. The third-order valence-electron chi connectivity index (χ3n) is 4.06. The van der Waals surface area contributed by atoms with Gasteiger partial charge in [0.15, 0.2) is 0 Å². The highest BCUT2D eigenvalue weighted by Gasteiger charge is 2.14. The number of nitrogens with one attached hydrogen (secondary N) is 1. The van der Waals surface area contributed by atoms with E-state index in [1.165, 1.54) is 6.42 Å². The highest BCUT2D eigenvalue weighted by atomic mass is 16.5. The Bertz CT molecular complexity index is 666. The van der Waals surface area contributed by atoms with Crippen LogP contribution in [-0.4, -0.2) is 35.8 Å². The maximum Gasteiger partial charge on any atom is 0.336 e. The number of pyridine rings is 1. The van der Waals surface area contributed by atoms with Gasteiger partial charge in [-0.15, -0.1) is 0 Å². The molecule has 22 heavy (non-hydrogen) atoms. The van der Waals surface area contributed by atoms with Crippen LogP contribution in [0.25, 0.3) is 10.9 Å². The molecule has 0 radical (unpaired) electrons. The number of para-hydroxylation sites is 1. The van der Waals surface area contributed by atoms with E-state index in [9.17, 15) is 9.90 Å². The maximum atomic E-state index is 11.4.